The molecule has 152 valence electrons. The zero-order valence-electron chi connectivity index (χ0n) is 16.6. The van der Waals surface area contributed by atoms with Crippen LogP contribution in [0.3, 0.4) is 0 Å². The highest BCUT2D eigenvalue weighted by molar-refractivity contribution is 5.90. The summed E-state index contributed by atoms with van der Waals surface area (Å²) >= 11 is 0. The minimum absolute atomic E-state index is 0.116. The molecule has 2 aromatic rings. The summed E-state index contributed by atoms with van der Waals surface area (Å²) in [5, 5.41) is 2.95. The summed E-state index contributed by atoms with van der Waals surface area (Å²) in [6.45, 7) is 1.93. The summed E-state index contributed by atoms with van der Waals surface area (Å²) in [7, 11) is 0. The molecule has 0 bridgehead atoms. The zero-order chi connectivity index (χ0) is 20.2. The number of nitrogens with one attached hydrogen (secondary N) is 1. The van der Waals surface area contributed by atoms with E-state index in [4.69, 9.17) is 9.47 Å². The van der Waals surface area contributed by atoms with Crippen molar-refractivity contribution in [2.24, 2.45) is 0 Å². The third-order valence-corrected chi connectivity index (χ3v) is 5.51. The number of esters is 1. The van der Waals surface area contributed by atoms with Gasteiger partial charge in [0.15, 0.2) is 0 Å². The summed E-state index contributed by atoms with van der Waals surface area (Å²) in [6.07, 6.45) is 9.24. The maximum absolute atomic E-state index is 12.7. The van der Waals surface area contributed by atoms with Gasteiger partial charge in [0, 0.05) is 25.0 Å². The van der Waals surface area contributed by atoms with Crippen LogP contribution < -0.4 is 5.32 Å². The molecule has 29 heavy (non-hydrogen) atoms. The standard InChI is InChI=1S/C22H25N3O4/c1-2-28-21(26)19(12-16-13-23-9-10-24-16)29-22(27)25-20-17-7-3-5-14(17)11-15-6-4-8-18(15)20/h9-11,13,19H,2-8,12H2,1H3,(H,25,27). The van der Waals surface area contributed by atoms with Gasteiger partial charge >= 0.3 is 12.1 Å². The Kier molecular flexibility index (Phi) is 5.74. The van der Waals surface area contributed by atoms with Crippen molar-refractivity contribution in [1.82, 2.24) is 9.97 Å². The van der Waals surface area contributed by atoms with Gasteiger partial charge in [0.25, 0.3) is 0 Å². The molecule has 7 nitrogen and oxygen atoms in total. The largest absolute Gasteiger partial charge is 0.463 e. The Morgan fingerprint density at radius 2 is 1.83 bits per heavy atom. The zero-order valence-corrected chi connectivity index (χ0v) is 16.6. The fraction of sp³-hybridized carbons (Fsp3) is 0.455. The SMILES string of the molecule is CCOC(=O)C(Cc1cnccn1)OC(=O)Nc1c2c(cc3c1CCC3)CCC2. The van der Waals surface area contributed by atoms with Gasteiger partial charge in [-0.05, 0) is 67.7 Å². The van der Waals surface area contributed by atoms with Gasteiger partial charge in [-0.15, -0.1) is 0 Å². The van der Waals surface area contributed by atoms with Gasteiger partial charge in [-0.25, -0.2) is 9.59 Å². The first-order chi connectivity index (χ1) is 14.2. The van der Waals surface area contributed by atoms with Crippen molar-refractivity contribution >= 4 is 17.7 Å². The molecule has 0 radical (unpaired) electrons. The lowest BCUT2D eigenvalue weighted by molar-refractivity contribution is -0.152. The lowest BCUT2D eigenvalue weighted by atomic mass is 9.99. The van der Waals surface area contributed by atoms with Crippen molar-refractivity contribution in [3.05, 3.63) is 52.6 Å². The van der Waals surface area contributed by atoms with Crippen molar-refractivity contribution in [2.75, 3.05) is 11.9 Å². The van der Waals surface area contributed by atoms with E-state index in [2.05, 4.69) is 21.4 Å². The second-order valence-corrected chi connectivity index (χ2v) is 7.41. The molecule has 0 saturated heterocycles. The van der Waals surface area contributed by atoms with Crippen LogP contribution >= 0.6 is 0 Å². The Balaban J connectivity index is 1.52. The number of aryl methyl sites for hydroxylation is 2. The number of benzene rings is 1. The van der Waals surface area contributed by atoms with E-state index < -0.39 is 18.2 Å². The maximum atomic E-state index is 12.7. The van der Waals surface area contributed by atoms with Gasteiger partial charge in [0.1, 0.15) is 0 Å². The molecule has 7 heteroatoms. The van der Waals surface area contributed by atoms with Gasteiger partial charge in [-0.2, -0.15) is 0 Å². The van der Waals surface area contributed by atoms with Crippen molar-refractivity contribution in [1.29, 1.82) is 0 Å². The summed E-state index contributed by atoms with van der Waals surface area (Å²) in [6, 6.07) is 2.30. The third kappa shape index (κ3) is 4.23. The number of ether oxygens (including phenoxy) is 2. The predicted molar refractivity (Wildman–Crippen MR) is 107 cm³/mol. The van der Waals surface area contributed by atoms with Crippen LogP contribution in [0.2, 0.25) is 0 Å². The molecule has 0 aliphatic heterocycles. The number of amides is 1. The second-order valence-electron chi connectivity index (χ2n) is 7.41. The van der Waals surface area contributed by atoms with E-state index >= 15 is 0 Å². The monoisotopic (exact) mass is 395 g/mol. The van der Waals surface area contributed by atoms with Crippen LogP contribution in [-0.4, -0.2) is 34.7 Å². The Bertz CT molecular complexity index is 882. The lowest BCUT2D eigenvalue weighted by Gasteiger charge is -2.19. The van der Waals surface area contributed by atoms with Gasteiger partial charge < -0.3 is 9.47 Å². The number of hydrogen-bond acceptors (Lipinski definition) is 6. The highest BCUT2D eigenvalue weighted by Crippen LogP contribution is 2.38. The number of aromatic nitrogens is 2. The van der Waals surface area contributed by atoms with Crippen LogP contribution in [0.4, 0.5) is 10.5 Å². The smallest absolute Gasteiger partial charge is 0.412 e. The Morgan fingerprint density at radius 1 is 1.10 bits per heavy atom. The van der Waals surface area contributed by atoms with Gasteiger partial charge in [0.05, 0.1) is 18.0 Å². The van der Waals surface area contributed by atoms with E-state index in [0.29, 0.717) is 5.69 Å². The minimum Gasteiger partial charge on any atom is -0.463 e. The van der Waals surface area contributed by atoms with E-state index in [-0.39, 0.29) is 13.0 Å². The summed E-state index contributed by atoms with van der Waals surface area (Å²) in [5.74, 6) is -0.586. The molecule has 1 atom stereocenters. The molecule has 0 saturated carbocycles. The minimum atomic E-state index is -1.07. The van der Waals surface area contributed by atoms with Crippen molar-refractivity contribution in [3.63, 3.8) is 0 Å². The van der Waals surface area contributed by atoms with Crippen LogP contribution in [0.1, 0.15) is 47.7 Å². The third-order valence-electron chi connectivity index (χ3n) is 5.51. The number of nitrogens with zero attached hydrogens (tertiary/aromatic N) is 2. The number of carbonyl (C=O) groups is 2. The number of carbonyl (C=O) groups excluding carboxylic acids is 2. The molecule has 1 heterocycles. The Labute approximate surface area is 169 Å². The number of anilines is 1. The molecular weight excluding hydrogens is 370 g/mol. The molecule has 2 aliphatic carbocycles. The summed E-state index contributed by atoms with van der Waals surface area (Å²) in [4.78, 5) is 33.2. The molecular formula is C22H25N3O4. The summed E-state index contributed by atoms with van der Waals surface area (Å²) < 4.78 is 10.6. The van der Waals surface area contributed by atoms with Crippen LogP contribution in [0.25, 0.3) is 0 Å². The molecule has 1 unspecified atom stereocenters. The number of fused-ring (bicyclic) bond motifs is 2. The normalized spacial score (nSPS) is 15.3. The average Bonchev–Trinajstić information content (AvgIpc) is 3.37. The lowest BCUT2D eigenvalue weighted by Crippen LogP contribution is -2.33. The van der Waals surface area contributed by atoms with Crippen LogP contribution in [0.15, 0.2) is 24.7 Å². The number of hydrogen-bond donors (Lipinski definition) is 1. The topological polar surface area (TPSA) is 90.4 Å². The van der Waals surface area contributed by atoms with Crippen LogP contribution in [0.5, 0.6) is 0 Å². The van der Waals surface area contributed by atoms with Crippen molar-refractivity contribution in [3.8, 4) is 0 Å². The predicted octanol–water partition coefficient (Wildman–Crippen LogP) is 3.18. The molecule has 0 spiro atoms. The molecule has 0 fully saturated rings. The van der Waals surface area contributed by atoms with E-state index in [0.717, 1.165) is 44.2 Å². The molecule has 1 aromatic carbocycles. The highest BCUT2D eigenvalue weighted by atomic mass is 16.6. The molecule has 1 amide bonds. The van der Waals surface area contributed by atoms with Crippen molar-refractivity contribution < 1.29 is 19.1 Å². The maximum Gasteiger partial charge on any atom is 0.412 e. The molecule has 2 aliphatic rings. The number of rotatable bonds is 6. The van der Waals surface area contributed by atoms with Crippen molar-refractivity contribution in [2.45, 2.75) is 58.0 Å². The van der Waals surface area contributed by atoms with Gasteiger partial charge in [-0.3, -0.25) is 15.3 Å². The summed E-state index contributed by atoms with van der Waals surface area (Å²) in [5.41, 5.74) is 6.51. The first-order valence-corrected chi connectivity index (χ1v) is 10.2. The second kappa shape index (κ2) is 8.59. The fourth-order valence-corrected chi connectivity index (χ4v) is 4.26. The van der Waals surface area contributed by atoms with E-state index in [9.17, 15) is 9.59 Å². The van der Waals surface area contributed by atoms with E-state index in [1.165, 1.54) is 28.5 Å². The first kappa shape index (κ1) is 19.4. The van der Waals surface area contributed by atoms with E-state index in [1.54, 1.807) is 19.3 Å². The van der Waals surface area contributed by atoms with Crippen LogP contribution in [0, 0.1) is 0 Å². The van der Waals surface area contributed by atoms with Crippen LogP contribution in [-0.2, 0) is 46.4 Å². The molecule has 1 N–H and O–H groups in total. The molecule has 1 aromatic heterocycles. The van der Waals surface area contributed by atoms with E-state index in [1.807, 2.05) is 0 Å². The Hall–Kier alpha value is -2.96. The average molecular weight is 395 g/mol. The first-order valence-electron chi connectivity index (χ1n) is 10.2. The molecule has 4 rings (SSSR count). The fourth-order valence-electron chi connectivity index (χ4n) is 4.26. The Morgan fingerprint density at radius 3 is 2.45 bits per heavy atom. The van der Waals surface area contributed by atoms with Gasteiger partial charge in [0.2, 0.25) is 6.10 Å². The quantitative estimate of drug-likeness (QED) is 0.756. The highest BCUT2D eigenvalue weighted by Gasteiger charge is 2.29. The van der Waals surface area contributed by atoms with Gasteiger partial charge in [-0.1, -0.05) is 6.07 Å².